The summed E-state index contributed by atoms with van der Waals surface area (Å²) in [4.78, 5) is 21.7. The first kappa shape index (κ1) is 19.8. The number of nitrogens with one attached hydrogen (secondary N) is 1. The molecule has 150 valence electrons. The maximum Gasteiger partial charge on any atom is 0.277 e. The standard InChI is InChI=1S/C21H22N4O2S2/c1-11-12(2)29-19-16(11)17(26)22-15(23-19)10-28-20-25-24-18(27-20)13-6-8-14(9-7-13)21(3,4)5/h6-9H,10H2,1-5H3,(H,22,23,26). The highest BCUT2D eigenvalue weighted by Gasteiger charge is 2.16. The maximum absolute atomic E-state index is 12.4. The van der Waals surface area contributed by atoms with Gasteiger partial charge in [0.15, 0.2) is 0 Å². The van der Waals surface area contributed by atoms with Gasteiger partial charge in [-0.1, -0.05) is 44.7 Å². The van der Waals surface area contributed by atoms with Gasteiger partial charge in [0, 0.05) is 10.4 Å². The topological polar surface area (TPSA) is 84.7 Å². The van der Waals surface area contributed by atoms with Crippen LogP contribution in [0.3, 0.4) is 0 Å². The SMILES string of the molecule is Cc1sc2nc(CSc3nnc(-c4ccc(C(C)(C)C)cc4)o3)[nH]c(=O)c2c1C. The van der Waals surface area contributed by atoms with Crippen molar-refractivity contribution in [1.82, 2.24) is 20.2 Å². The van der Waals surface area contributed by atoms with Crippen molar-refractivity contribution in [3.05, 3.63) is 56.4 Å². The number of rotatable bonds is 4. The second-order valence-corrected chi connectivity index (χ2v) is 10.1. The number of benzene rings is 1. The van der Waals surface area contributed by atoms with Crippen molar-refractivity contribution in [3.8, 4) is 11.5 Å². The van der Waals surface area contributed by atoms with Crippen LogP contribution in [-0.2, 0) is 11.2 Å². The summed E-state index contributed by atoms with van der Waals surface area (Å²) in [6.45, 7) is 10.5. The molecule has 0 fully saturated rings. The second-order valence-electron chi connectivity index (χ2n) is 7.97. The Kier molecular flexibility index (Phi) is 5.08. The lowest BCUT2D eigenvalue weighted by Gasteiger charge is -2.18. The lowest BCUT2D eigenvalue weighted by molar-refractivity contribution is 0.465. The molecule has 3 aromatic heterocycles. The lowest BCUT2D eigenvalue weighted by atomic mass is 9.87. The first-order valence-corrected chi connectivity index (χ1v) is 11.1. The lowest BCUT2D eigenvalue weighted by Crippen LogP contribution is -2.10. The summed E-state index contributed by atoms with van der Waals surface area (Å²) in [6.07, 6.45) is 0. The first-order chi connectivity index (χ1) is 13.7. The van der Waals surface area contributed by atoms with Gasteiger partial charge in [-0.25, -0.2) is 4.98 Å². The van der Waals surface area contributed by atoms with E-state index < -0.39 is 0 Å². The van der Waals surface area contributed by atoms with Crippen LogP contribution in [0.1, 0.15) is 42.6 Å². The van der Waals surface area contributed by atoms with Crippen molar-refractivity contribution in [2.24, 2.45) is 0 Å². The van der Waals surface area contributed by atoms with Crippen LogP contribution in [0.5, 0.6) is 0 Å². The van der Waals surface area contributed by atoms with E-state index in [-0.39, 0.29) is 11.0 Å². The summed E-state index contributed by atoms with van der Waals surface area (Å²) in [5.74, 6) is 1.53. The van der Waals surface area contributed by atoms with E-state index in [1.807, 2.05) is 26.0 Å². The molecule has 0 aliphatic heterocycles. The molecule has 0 bridgehead atoms. The van der Waals surface area contributed by atoms with E-state index in [1.54, 1.807) is 11.3 Å². The predicted octanol–water partition coefficient (Wildman–Crippen LogP) is 5.24. The van der Waals surface area contributed by atoms with E-state index in [0.717, 1.165) is 20.8 Å². The van der Waals surface area contributed by atoms with E-state index >= 15 is 0 Å². The third kappa shape index (κ3) is 4.00. The number of hydrogen-bond donors (Lipinski definition) is 1. The highest BCUT2D eigenvalue weighted by molar-refractivity contribution is 7.98. The quantitative estimate of drug-likeness (QED) is 0.449. The van der Waals surface area contributed by atoms with Gasteiger partial charge in [-0.2, -0.15) is 0 Å². The van der Waals surface area contributed by atoms with Crippen LogP contribution >= 0.6 is 23.1 Å². The van der Waals surface area contributed by atoms with Crippen molar-refractivity contribution in [3.63, 3.8) is 0 Å². The zero-order chi connectivity index (χ0) is 20.8. The zero-order valence-corrected chi connectivity index (χ0v) is 18.6. The van der Waals surface area contributed by atoms with Gasteiger partial charge in [0.05, 0.1) is 11.1 Å². The molecule has 1 N–H and O–H groups in total. The van der Waals surface area contributed by atoms with E-state index in [4.69, 9.17) is 4.42 Å². The van der Waals surface area contributed by atoms with Crippen LogP contribution in [0.2, 0.25) is 0 Å². The normalized spacial score (nSPS) is 12.0. The summed E-state index contributed by atoms with van der Waals surface area (Å²) in [7, 11) is 0. The Morgan fingerprint density at radius 2 is 1.86 bits per heavy atom. The molecule has 6 nitrogen and oxygen atoms in total. The Hall–Kier alpha value is -2.45. The molecule has 0 spiro atoms. The average Bonchev–Trinajstić information content (AvgIpc) is 3.24. The maximum atomic E-state index is 12.4. The Balaban J connectivity index is 1.50. The fourth-order valence-electron chi connectivity index (χ4n) is 3.00. The molecule has 4 aromatic rings. The molecule has 4 rings (SSSR count). The van der Waals surface area contributed by atoms with Crippen LogP contribution in [-0.4, -0.2) is 20.2 Å². The van der Waals surface area contributed by atoms with Crippen molar-refractivity contribution in [1.29, 1.82) is 0 Å². The highest BCUT2D eigenvalue weighted by Crippen LogP contribution is 2.29. The van der Waals surface area contributed by atoms with Crippen LogP contribution < -0.4 is 5.56 Å². The summed E-state index contributed by atoms with van der Waals surface area (Å²) >= 11 is 2.90. The smallest absolute Gasteiger partial charge is 0.277 e. The number of hydrogen-bond acceptors (Lipinski definition) is 7. The molecule has 0 aliphatic rings. The molecule has 0 saturated carbocycles. The average molecular weight is 427 g/mol. The minimum absolute atomic E-state index is 0.0963. The van der Waals surface area contributed by atoms with E-state index in [0.29, 0.717) is 28.1 Å². The third-order valence-corrected chi connectivity index (χ3v) is 6.76. The van der Waals surface area contributed by atoms with Crippen molar-refractivity contribution in [2.45, 2.75) is 51.0 Å². The van der Waals surface area contributed by atoms with Crippen molar-refractivity contribution in [2.75, 3.05) is 0 Å². The van der Waals surface area contributed by atoms with Gasteiger partial charge in [0.1, 0.15) is 10.7 Å². The van der Waals surface area contributed by atoms with Gasteiger partial charge >= 0.3 is 0 Å². The molecular formula is C21H22N4O2S2. The van der Waals surface area contributed by atoms with Gasteiger partial charge < -0.3 is 9.40 Å². The fourth-order valence-corrected chi connectivity index (χ4v) is 4.68. The largest absolute Gasteiger partial charge is 0.411 e. The summed E-state index contributed by atoms with van der Waals surface area (Å²) in [5.41, 5.74) is 3.13. The van der Waals surface area contributed by atoms with Gasteiger partial charge in [-0.05, 0) is 42.5 Å². The molecule has 0 amide bonds. The van der Waals surface area contributed by atoms with E-state index in [1.165, 1.54) is 17.3 Å². The van der Waals surface area contributed by atoms with Crippen molar-refractivity contribution < 1.29 is 4.42 Å². The second kappa shape index (κ2) is 7.42. The van der Waals surface area contributed by atoms with Gasteiger partial charge in [-0.15, -0.1) is 21.5 Å². The number of H-pyrrole nitrogens is 1. The number of thiophene rings is 1. The molecule has 0 aliphatic carbocycles. The van der Waals surface area contributed by atoms with Gasteiger partial charge in [0.25, 0.3) is 10.8 Å². The number of thioether (sulfide) groups is 1. The van der Waals surface area contributed by atoms with Gasteiger partial charge in [0.2, 0.25) is 5.89 Å². The Morgan fingerprint density at radius 3 is 2.55 bits per heavy atom. The molecule has 0 saturated heterocycles. The Morgan fingerprint density at radius 1 is 1.14 bits per heavy atom. The zero-order valence-electron chi connectivity index (χ0n) is 17.0. The minimum atomic E-state index is -0.0994. The number of fused-ring (bicyclic) bond motifs is 1. The number of aromatic amines is 1. The fraction of sp³-hybridized carbons (Fsp3) is 0.333. The molecule has 29 heavy (non-hydrogen) atoms. The number of aryl methyl sites for hydroxylation is 2. The van der Waals surface area contributed by atoms with Crippen LogP contribution in [0, 0.1) is 13.8 Å². The van der Waals surface area contributed by atoms with Gasteiger partial charge in [-0.3, -0.25) is 4.79 Å². The minimum Gasteiger partial charge on any atom is -0.411 e. The highest BCUT2D eigenvalue weighted by atomic mass is 32.2. The van der Waals surface area contributed by atoms with E-state index in [9.17, 15) is 4.79 Å². The van der Waals surface area contributed by atoms with Crippen molar-refractivity contribution >= 4 is 33.3 Å². The van der Waals surface area contributed by atoms with Crippen LogP contribution in [0.4, 0.5) is 0 Å². The summed E-state index contributed by atoms with van der Waals surface area (Å²) in [5, 5.41) is 9.38. The number of aromatic nitrogens is 4. The molecule has 8 heteroatoms. The monoisotopic (exact) mass is 426 g/mol. The summed E-state index contributed by atoms with van der Waals surface area (Å²) in [6, 6.07) is 8.16. The molecule has 0 radical (unpaired) electrons. The van der Waals surface area contributed by atoms with Crippen LogP contribution in [0.15, 0.2) is 38.7 Å². The van der Waals surface area contributed by atoms with E-state index in [2.05, 4.69) is 53.1 Å². The van der Waals surface area contributed by atoms with Crippen LogP contribution in [0.25, 0.3) is 21.7 Å². The molecular weight excluding hydrogens is 404 g/mol. The molecule has 3 heterocycles. The molecule has 1 aromatic carbocycles. The predicted molar refractivity (Wildman–Crippen MR) is 118 cm³/mol. The Labute approximate surface area is 176 Å². The Bertz CT molecular complexity index is 1230. The molecule has 0 unspecified atom stereocenters. The molecule has 0 atom stereocenters. The summed E-state index contributed by atoms with van der Waals surface area (Å²) < 4.78 is 5.78. The number of nitrogens with zero attached hydrogens (tertiary/aromatic N) is 3. The first-order valence-electron chi connectivity index (χ1n) is 9.28. The third-order valence-electron chi connectivity index (χ3n) is 4.82.